The minimum Gasteiger partial charge on any atom is -0.310 e. The molecule has 0 spiro atoms. The zero-order chi connectivity index (χ0) is 19.7. The predicted octanol–water partition coefficient (Wildman–Crippen LogP) is 2.27. The first kappa shape index (κ1) is 18.6. The molecule has 0 bridgehead atoms. The van der Waals surface area contributed by atoms with Crippen LogP contribution in [-0.2, 0) is 19.5 Å². The lowest BCUT2D eigenvalue weighted by Gasteiger charge is -2.27. The van der Waals surface area contributed by atoms with E-state index in [1.54, 1.807) is 0 Å². The minimum atomic E-state index is -0.655. The van der Waals surface area contributed by atoms with Crippen molar-refractivity contribution in [3.63, 3.8) is 0 Å². The van der Waals surface area contributed by atoms with Crippen molar-refractivity contribution in [2.45, 2.75) is 39.3 Å². The summed E-state index contributed by atoms with van der Waals surface area (Å²) in [4.78, 5) is 42.4. The number of hydrogen-bond donors (Lipinski definition) is 1. The fourth-order valence-electron chi connectivity index (χ4n) is 3.13. The van der Waals surface area contributed by atoms with Crippen LogP contribution in [-0.4, -0.2) is 31.3 Å². The van der Waals surface area contributed by atoms with Crippen LogP contribution in [0.4, 0.5) is 11.4 Å². The molecule has 1 N–H and O–H groups in total. The Hall–Kier alpha value is -3.14. The van der Waals surface area contributed by atoms with Crippen LogP contribution in [0, 0.1) is 20.2 Å². The minimum absolute atomic E-state index is 0.0779. The maximum Gasteiger partial charge on any atom is 0.280 e. The highest BCUT2D eigenvalue weighted by molar-refractivity contribution is 5.49. The summed E-state index contributed by atoms with van der Waals surface area (Å²) in [6.07, 6.45) is 0.497. The van der Waals surface area contributed by atoms with Crippen LogP contribution in [0.1, 0.15) is 42.4 Å². The summed E-state index contributed by atoms with van der Waals surface area (Å²) in [5, 5.41) is 22.2. The van der Waals surface area contributed by atoms with E-state index < -0.39 is 9.85 Å². The fourth-order valence-corrected chi connectivity index (χ4v) is 3.13. The summed E-state index contributed by atoms with van der Waals surface area (Å²) in [5.41, 5.74) is 0.987. The van der Waals surface area contributed by atoms with Crippen LogP contribution in [0.3, 0.4) is 0 Å². The fraction of sp³-hybridized carbons (Fsp3) is 0.412. The van der Waals surface area contributed by atoms with Crippen molar-refractivity contribution in [2.75, 3.05) is 6.54 Å². The molecule has 1 aliphatic heterocycles. The molecule has 27 heavy (non-hydrogen) atoms. The molecule has 0 saturated heterocycles. The molecule has 0 fully saturated rings. The molecule has 1 aromatic heterocycles. The lowest BCUT2D eigenvalue weighted by Crippen LogP contribution is -2.35. The topological polar surface area (TPSA) is 135 Å². The molecule has 0 saturated carbocycles. The molecule has 2 aromatic rings. The molecule has 0 atom stereocenters. The largest absolute Gasteiger partial charge is 0.310 e. The van der Waals surface area contributed by atoms with Crippen molar-refractivity contribution in [3.05, 3.63) is 71.4 Å². The number of fused-ring (bicyclic) bond motifs is 1. The molecule has 142 valence electrons. The highest BCUT2D eigenvalue weighted by Crippen LogP contribution is 2.27. The van der Waals surface area contributed by atoms with Crippen molar-refractivity contribution in [1.29, 1.82) is 0 Å². The molecule has 1 aliphatic rings. The summed E-state index contributed by atoms with van der Waals surface area (Å²) in [7, 11) is 0. The molecule has 0 unspecified atom stereocenters. The lowest BCUT2D eigenvalue weighted by molar-refractivity contribution is -0.394. The number of H-pyrrole nitrogens is 1. The van der Waals surface area contributed by atoms with Gasteiger partial charge in [-0.05, 0) is 12.5 Å². The van der Waals surface area contributed by atoms with Crippen LogP contribution < -0.4 is 5.56 Å². The van der Waals surface area contributed by atoms with E-state index >= 15 is 0 Å². The van der Waals surface area contributed by atoms with E-state index in [2.05, 4.69) is 9.97 Å². The molecule has 1 aromatic carbocycles. The van der Waals surface area contributed by atoms with Gasteiger partial charge in [-0.15, -0.1) is 0 Å². The van der Waals surface area contributed by atoms with Gasteiger partial charge in [-0.2, -0.15) is 0 Å². The number of nitro groups is 2. The number of hydrogen-bond acceptors (Lipinski definition) is 7. The normalized spacial score (nSPS) is 14.2. The third kappa shape index (κ3) is 3.85. The first-order valence-corrected chi connectivity index (χ1v) is 8.52. The van der Waals surface area contributed by atoms with E-state index in [-0.39, 0.29) is 29.4 Å². The van der Waals surface area contributed by atoms with Gasteiger partial charge in [0.05, 0.1) is 21.6 Å². The summed E-state index contributed by atoms with van der Waals surface area (Å²) in [6.45, 7) is 5.07. The van der Waals surface area contributed by atoms with E-state index in [0.717, 1.165) is 6.07 Å². The van der Waals surface area contributed by atoms with E-state index in [1.807, 2.05) is 18.7 Å². The molecule has 0 amide bonds. The second-order valence-electron chi connectivity index (χ2n) is 6.82. The van der Waals surface area contributed by atoms with E-state index in [9.17, 15) is 25.0 Å². The summed E-state index contributed by atoms with van der Waals surface area (Å²) < 4.78 is 0. The SMILES string of the molecule is CC(C)c1nc2c(c(=O)[nH]1)CCN(Cc1ccc([N+](=O)[O-])cc1[N+](=O)[O-])C2. The van der Waals surface area contributed by atoms with Crippen LogP contribution in [0.25, 0.3) is 0 Å². The van der Waals surface area contributed by atoms with Gasteiger partial charge in [-0.25, -0.2) is 4.98 Å². The molecular weight excluding hydrogens is 354 g/mol. The average molecular weight is 373 g/mol. The van der Waals surface area contributed by atoms with Crippen molar-refractivity contribution in [1.82, 2.24) is 14.9 Å². The number of nitro benzene ring substituents is 2. The van der Waals surface area contributed by atoms with Crippen LogP contribution >= 0.6 is 0 Å². The Morgan fingerprint density at radius 1 is 1.26 bits per heavy atom. The molecule has 0 radical (unpaired) electrons. The van der Waals surface area contributed by atoms with Gasteiger partial charge in [0.1, 0.15) is 5.82 Å². The van der Waals surface area contributed by atoms with Crippen molar-refractivity contribution in [3.8, 4) is 0 Å². The van der Waals surface area contributed by atoms with Gasteiger partial charge in [0.15, 0.2) is 0 Å². The Morgan fingerprint density at radius 2 is 2.00 bits per heavy atom. The van der Waals surface area contributed by atoms with Gasteiger partial charge in [-0.3, -0.25) is 29.9 Å². The second-order valence-corrected chi connectivity index (χ2v) is 6.82. The zero-order valence-electron chi connectivity index (χ0n) is 15.0. The quantitative estimate of drug-likeness (QED) is 0.627. The number of aromatic amines is 1. The number of benzene rings is 1. The monoisotopic (exact) mass is 373 g/mol. The molecule has 10 nitrogen and oxygen atoms in total. The molecular formula is C17H19N5O5. The highest BCUT2D eigenvalue weighted by atomic mass is 16.6. The summed E-state index contributed by atoms with van der Waals surface area (Å²) in [5.74, 6) is 0.691. The predicted molar refractivity (Wildman–Crippen MR) is 96.5 cm³/mol. The molecule has 0 aliphatic carbocycles. The zero-order valence-corrected chi connectivity index (χ0v) is 15.0. The van der Waals surface area contributed by atoms with E-state index in [0.29, 0.717) is 42.2 Å². The number of nitrogens with zero attached hydrogens (tertiary/aromatic N) is 4. The van der Waals surface area contributed by atoms with Crippen LogP contribution in [0.2, 0.25) is 0 Å². The standard InChI is InChI=1S/C17H19N5O5/c1-10(2)16-18-14-9-20(6-5-13(14)17(23)19-16)8-11-3-4-12(21(24)25)7-15(11)22(26)27/h3-4,7,10H,5-6,8-9H2,1-2H3,(H,18,19,23). The van der Waals surface area contributed by atoms with E-state index in [1.165, 1.54) is 12.1 Å². The maximum absolute atomic E-state index is 12.2. The average Bonchev–Trinajstić information content (AvgIpc) is 2.61. The van der Waals surface area contributed by atoms with Gasteiger partial charge in [0.2, 0.25) is 0 Å². The van der Waals surface area contributed by atoms with Gasteiger partial charge < -0.3 is 4.98 Å². The third-order valence-electron chi connectivity index (χ3n) is 4.59. The van der Waals surface area contributed by atoms with E-state index in [4.69, 9.17) is 0 Å². The molecule has 2 heterocycles. The van der Waals surface area contributed by atoms with Gasteiger partial charge in [0.25, 0.3) is 16.9 Å². The third-order valence-corrected chi connectivity index (χ3v) is 4.59. The molecule has 10 heteroatoms. The number of rotatable bonds is 5. The number of non-ortho nitro benzene ring substituents is 1. The first-order chi connectivity index (χ1) is 12.8. The number of aromatic nitrogens is 2. The summed E-state index contributed by atoms with van der Waals surface area (Å²) in [6, 6.07) is 3.66. The molecule has 3 rings (SSSR count). The van der Waals surface area contributed by atoms with Crippen LogP contribution in [0.5, 0.6) is 0 Å². The summed E-state index contributed by atoms with van der Waals surface area (Å²) >= 11 is 0. The first-order valence-electron chi connectivity index (χ1n) is 8.52. The van der Waals surface area contributed by atoms with Gasteiger partial charge in [-0.1, -0.05) is 13.8 Å². The Balaban J connectivity index is 1.88. The van der Waals surface area contributed by atoms with Crippen molar-refractivity contribution < 1.29 is 9.85 Å². The maximum atomic E-state index is 12.2. The van der Waals surface area contributed by atoms with Crippen molar-refractivity contribution >= 4 is 11.4 Å². The Kier molecular flexibility index (Phi) is 5.00. The lowest BCUT2D eigenvalue weighted by atomic mass is 10.0. The second kappa shape index (κ2) is 7.23. The smallest absolute Gasteiger partial charge is 0.280 e. The van der Waals surface area contributed by atoms with Gasteiger partial charge >= 0.3 is 0 Å². The van der Waals surface area contributed by atoms with Gasteiger partial charge in [0, 0.05) is 42.7 Å². The highest BCUT2D eigenvalue weighted by Gasteiger charge is 2.25. The Morgan fingerprint density at radius 3 is 2.63 bits per heavy atom. The number of nitrogens with one attached hydrogen (secondary N) is 1. The van der Waals surface area contributed by atoms with Crippen LogP contribution in [0.15, 0.2) is 23.0 Å². The Bertz CT molecular complexity index is 969. The Labute approximate surface area is 154 Å². The van der Waals surface area contributed by atoms with Crippen molar-refractivity contribution in [2.24, 2.45) is 0 Å².